The molecule has 0 atom stereocenters. The number of nitrogens with two attached hydrogens (primary N) is 1. The lowest BCUT2D eigenvalue weighted by Crippen LogP contribution is -2.13. The van der Waals surface area contributed by atoms with Crippen molar-refractivity contribution >= 4 is 16.8 Å². The summed E-state index contributed by atoms with van der Waals surface area (Å²) in [6.45, 7) is 0. The Balaban J connectivity index is 2.82. The monoisotopic (exact) mass is 226 g/mol. The van der Waals surface area contributed by atoms with E-state index in [1.165, 1.54) is 12.1 Å². The minimum absolute atomic E-state index is 0.0569. The van der Waals surface area contributed by atoms with E-state index in [4.69, 9.17) is 5.73 Å². The second-order valence-electron chi connectivity index (χ2n) is 3.12. The highest BCUT2D eigenvalue weighted by molar-refractivity contribution is 5.93. The fraction of sp³-hybridized carbons (Fsp3) is 0. The topological polar surface area (TPSA) is 56.0 Å². The van der Waals surface area contributed by atoms with Crippen LogP contribution in [0.1, 0.15) is 10.5 Å². The van der Waals surface area contributed by atoms with Gasteiger partial charge in [-0.05, 0) is 12.1 Å². The Morgan fingerprint density at radius 2 is 1.88 bits per heavy atom. The molecule has 1 aromatic carbocycles. The summed E-state index contributed by atoms with van der Waals surface area (Å²) < 4.78 is 39.0. The van der Waals surface area contributed by atoms with Gasteiger partial charge in [0.05, 0.1) is 0 Å². The smallest absolute Gasteiger partial charge is 0.267 e. The van der Waals surface area contributed by atoms with Gasteiger partial charge in [-0.15, -0.1) is 0 Å². The average molecular weight is 226 g/mol. The number of rotatable bonds is 1. The molecule has 1 heterocycles. The first kappa shape index (κ1) is 10.4. The number of carbonyl (C=O) groups excluding carboxylic acids is 1. The first-order valence-electron chi connectivity index (χ1n) is 4.24. The molecule has 0 spiro atoms. The molecule has 0 bridgehead atoms. The Morgan fingerprint density at radius 1 is 1.19 bits per heavy atom. The van der Waals surface area contributed by atoms with Crippen LogP contribution in [0.15, 0.2) is 18.2 Å². The molecule has 0 aliphatic carbocycles. The van der Waals surface area contributed by atoms with Crippen LogP contribution in [0.3, 0.4) is 0 Å². The van der Waals surface area contributed by atoms with Crippen molar-refractivity contribution in [3.05, 3.63) is 41.3 Å². The van der Waals surface area contributed by atoms with Gasteiger partial charge < -0.3 is 5.73 Å². The number of primary amides is 1. The fourth-order valence-electron chi connectivity index (χ4n) is 1.31. The van der Waals surface area contributed by atoms with Crippen molar-refractivity contribution in [3.8, 4) is 0 Å². The molecule has 2 N–H and O–H groups in total. The van der Waals surface area contributed by atoms with Crippen molar-refractivity contribution in [2.45, 2.75) is 0 Å². The summed E-state index contributed by atoms with van der Waals surface area (Å²) in [6, 6.07) is 3.25. The minimum Gasteiger partial charge on any atom is -0.364 e. The van der Waals surface area contributed by atoms with E-state index in [0.29, 0.717) is 0 Å². The quantitative estimate of drug-likeness (QED) is 0.753. The van der Waals surface area contributed by atoms with E-state index in [9.17, 15) is 18.0 Å². The molecular formula is C10H5F3N2O. The van der Waals surface area contributed by atoms with Crippen molar-refractivity contribution < 1.29 is 18.0 Å². The lowest BCUT2D eigenvalue weighted by molar-refractivity contribution is 0.0996. The largest absolute Gasteiger partial charge is 0.364 e. The lowest BCUT2D eigenvalue weighted by Gasteiger charge is -2.02. The van der Waals surface area contributed by atoms with Crippen LogP contribution < -0.4 is 5.73 Å². The maximum atomic E-state index is 13.3. The number of pyridine rings is 1. The van der Waals surface area contributed by atoms with E-state index >= 15 is 0 Å². The number of carbonyl (C=O) groups is 1. The predicted molar refractivity (Wildman–Crippen MR) is 50.1 cm³/mol. The van der Waals surface area contributed by atoms with Crippen LogP contribution in [-0.2, 0) is 0 Å². The van der Waals surface area contributed by atoms with Crippen LogP contribution in [0.2, 0.25) is 0 Å². The predicted octanol–water partition coefficient (Wildman–Crippen LogP) is 1.75. The molecular weight excluding hydrogens is 221 g/mol. The van der Waals surface area contributed by atoms with Gasteiger partial charge in [-0.25, -0.2) is 18.2 Å². The molecule has 0 saturated carbocycles. The molecule has 0 unspecified atom stereocenters. The number of aromatic nitrogens is 1. The summed E-state index contributed by atoms with van der Waals surface area (Å²) in [6.07, 6.45) is 0. The molecule has 0 aliphatic heterocycles. The minimum atomic E-state index is -1.62. The Kier molecular flexibility index (Phi) is 2.26. The number of fused-ring (bicyclic) bond motifs is 1. The van der Waals surface area contributed by atoms with Crippen LogP contribution in [0.25, 0.3) is 10.9 Å². The first-order chi connectivity index (χ1) is 7.50. The zero-order chi connectivity index (χ0) is 11.9. The lowest BCUT2D eigenvalue weighted by atomic mass is 10.2. The molecule has 0 saturated heterocycles. The molecule has 6 heteroatoms. The van der Waals surface area contributed by atoms with Crippen molar-refractivity contribution in [3.63, 3.8) is 0 Å². The van der Waals surface area contributed by atoms with E-state index in [-0.39, 0.29) is 11.1 Å². The number of nitrogens with zero attached hydrogens (tertiary/aromatic N) is 1. The summed E-state index contributed by atoms with van der Waals surface area (Å²) in [4.78, 5) is 14.3. The van der Waals surface area contributed by atoms with Crippen LogP contribution in [0.5, 0.6) is 0 Å². The molecule has 2 aromatic rings. The fourth-order valence-corrected chi connectivity index (χ4v) is 1.31. The third-order valence-electron chi connectivity index (χ3n) is 2.07. The molecule has 2 rings (SSSR count). The number of hydrogen-bond acceptors (Lipinski definition) is 2. The standard InChI is InChI=1S/C10H5F3N2O/c11-5-3-4-1-2-6(10(14)16)15-9(4)8(13)7(5)12/h1-3H,(H2,14,16). The van der Waals surface area contributed by atoms with E-state index in [1.54, 1.807) is 0 Å². The normalized spacial score (nSPS) is 10.7. The van der Waals surface area contributed by atoms with Gasteiger partial charge in [0.2, 0.25) is 0 Å². The van der Waals surface area contributed by atoms with Crippen LogP contribution in [-0.4, -0.2) is 10.9 Å². The average Bonchev–Trinajstić information content (AvgIpc) is 2.25. The zero-order valence-electron chi connectivity index (χ0n) is 7.80. The summed E-state index contributed by atoms with van der Waals surface area (Å²) in [5.74, 6) is -5.23. The van der Waals surface area contributed by atoms with Gasteiger partial charge in [0.25, 0.3) is 5.91 Å². The maximum absolute atomic E-state index is 13.3. The molecule has 0 aliphatic rings. The summed E-state index contributed by atoms with van der Waals surface area (Å²) >= 11 is 0. The summed E-state index contributed by atoms with van der Waals surface area (Å²) in [5, 5.41) is 0.0569. The van der Waals surface area contributed by atoms with Gasteiger partial charge in [0.1, 0.15) is 11.2 Å². The van der Waals surface area contributed by atoms with E-state index < -0.39 is 28.9 Å². The molecule has 82 valence electrons. The Bertz CT molecular complexity index is 598. The number of halogens is 3. The molecule has 3 nitrogen and oxygen atoms in total. The van der Waals surface area contributed by atoms with Crippen LogP contribution >= 0.6 is 0 Å². The number of amides is 1. The zero-order valence-corrected chi connectivity index (χ0v) is 7.80. The first-order valence-corrected chi connectivity index (χ1v) is 4.24. The van der Waals surface area contributed by atoms with E-state index in [1.807, 2.05) is 0 Å². The molecule has 1 amide bonds. The Morgan fingerprint density at radius 3 is 2.50 bits per heavy atom. The van der Waals surface area contributed by atoms with Crippen molar-refractivity contribution in [2.24, 2.45) is 5.73 Å². The van der Waals surface area contributed by atoms with Gasteiger partial charge in [0, 0.05) is 5.39 Å². The highest BCUT2D eigenvalue weighted by atomic mass is 19.2. The Labute approximate surface area is 87.7 Å². The van der Waals surface area contributed by atoms with E-state index in [2.05, 4.69) is 4.98 Å². The molecule has 0 radical (unpaired) electrons. The third kappa shape index (κ3) is 1.48. The SMILES string of the molecule is NC(=O)c1ccc2cc(F)c(F)c(F)c2n1. The summed E-state index contributed by atoms with van der Waals surface area (Å²) in [5.41, 5.74) is 4.30. The number of hydrogen-bond donors (Lipinski definition) is 1. The van der Waals surface area contributed by atoms with Crippen molar-refractivity contribution in [2.75, 3.05) is 0 Å². The Hall–Kier alpha value is -2.11. The molecule has 1 aromatic heterocycles. The van der Waals surface area contributed by atoms with Gasteiger partial charge in [-0.1, -0.05) is 6.07 Å². The van der Waals surface area contributed by atoms with Crippen molar-refractivity contribution in [1.29, 1.82) is 0 Å². The van der Waals surface area contributed by atoms with Crippen molar-refractivity contribution in [1.82, 2.24) is 4.98 Å². The van der Waals surface area contributed by atoms with Gasteiger partial charge in [-0.3, -0.25) is 4.79 Å². The molecule has 16 heavy (non-hydrogen) atoms. The maximum Gasteiger partial charge on any atom is 0.267 e. The van der Waals surface area contributed by atoms with Gasteiger partial charge >= 0.3 is 0 Å². The van der Waals surface area contributed by atoms with Crippen LogP contribution in [0, 0.1) is 17.5 Å². The van der Waals surface area contributed by atoms with Gasteiger partial charge in [-0.2, -0.15) is 0 Å². The molecule has 0 fully saturated rings. The number of benzene rings is 1. The van der Waals surface area contributed by atoms with Crippen LogP contribution in [0.4, 0.5) is 13.2 Å². The summed E-state index contributed by atoms with van der Waals surface area (Å²) in [7, 11) is 0. The second-order valence-corrected chi connectivity index (χ2v) is 3.12. The third-order valence-corrected chi connectivity index (χ3v) is 2.07. The van der Waals surface area contributed by atoms with E-state index in [0.717, 1.165) is 6.07 Å². The van der Waals surface area contributed by atoms with Gasteiger partial charge in [0.15, 0.2) is 17.5 Å². The highest BCUT2D eigenvalue weighted by Crippen LogP contribution is 2.21. The second kappa shape index (κ2) is 3.48. The highest BCUT2D eigenvalue weighted by Gasteiger charge is 2.15.